The van der Waals surface area contributed by atoms with Crippen LogP contribution in [0.15, 0.2) is 36.4 Å². The summed E-state index contributed by atoms with van der Waals surface area (Å²) in [4.78, 5) is 19.7. The van der Waals surface area contributed by atoms with Crippen LogP contribution in [-0.2, 0) is 6.18 Å². The second kappa shape index (κ2) is 6.32. The monoisotopic (exact) mass is 362 g/mol. The summed E-state index contributed by atoms with van der Waals surface area (Å²) in [6, 6.07) is 5.01. The fourth-order valence-corrected chi connectivity index (χ4v) is 1.97. The molecule has 7 nitrogen and oxygen atoms in total. The highest BCUT2D eigenvalue weighted by molar-refractivity contribution is 6.32. The van der Waals surface area contributed by atoms with Gasteiger partial charge in [0.2, 0.25) is 0 Å². The van der Waals surface area contributed by atoms with Gasteiger partial charge in [0.05, 0.1) is 26.5 Å². The van der Waals surface area contributed by atoms with Gasteiger partial charge in [-0.05, 0) is 24.3 Å². The smallest absolute Gasteiger partial charge is 0.416 e. The summed E-state index contributed by atoms with van der Waals surface area (Å²) in [7, 11) is 0. The number of nitro groups is 2. The number of benzene rings is 2. The third-order valence-corrected chi connectivity index (χ3v) is 3.12. The van der Waals surface area contributed by atoms with Crippen LogP contribution in [0, 0.1) is 20.2 Å². The molecule has 0 atom stereocenters. The van der Waals surface area contributed by atoms with Gasteiger partial charge < -0.3 is 4.74 Å². The normalized spacial score (nSPS) is 11.2. The van der Waals surface area contributed by atoms with Crippen molar-refractivity contribution >= 4 is 23.0 Å². The Hall–Kier alpha value is -2.88. The lowest BCUT2D eigenvalue weighted by Crippen LogP contribution is -2.04. The van der Waals surface area contributed by atoms with E-state index >= 15 is 0 Å². The summed E-state index contributed by atoms with van der Waals surface area (Å²) in [6.07, 6.45) is -4.59. The van der Waals surface area contributed by atoms with Crippen molar-refractivity contribution in [3.63, 3.8) is 0 Å². The number of ether oxygens (including phenoxy) is 1. The quantitative estimate of drug-likeness (QED) is 0.565. The molecular weight excluding hydrogens is 357 g/mol. The number of nitrogens with zero attached hydrogens (tertiary/aromatic N) is 2. The molecule has 2 aromatic rings. The zero-order chi connectivity index (χ0) is 18.1. The summed E-state index contributed by atoms with van der Waals surface area (Å²) >= 11 is 5.70. The SMILES string of the molecule is O=[N+]([O-])c1ccc(Oc2ccc(C(F)(F)F)cc2Cl)cc1[N+](=O)[O-]. The zero-order valence-electron chi connectivity index (χ0n) is 11.4. The molecule has 24 heavy (non-hydrogen) atoms. The van der Waals surface area contributed by atoms with Gasteiger partial charge in [-0.2, -0.15) is 13.2 Å². The first-order chi connectivity index (χ1) is 11.1. The second-order valence-corrected chi connectivity index (χ2v) is 4.82. The highest BCUT2D eigenvalue weighted by atomic mass is 35.5. The Kier molecular flexibility index (Phi) is 4.60. The van der Waals surface area contributed by atoms with Crippen LogP contribution in [0.3, 0.4) is 0 Å². The Morgan fingerprint density at radius 3 is 2.08 bits per heavy atom. The minimum absolute atomic E-state index is 0.186. The average Bonchev–Trinajstić information content (AvgIpc) is 2.47. The molecule has 11 heteroatoms. The van der Waals surface area contributed by atoms with Crippen molar-refractivity contribution in [2.24, 2.45) is 0 Å². The van der Waals surface area contributed by atoms with Crippen molar-refractivity contribution in [3.8, 4) is 11.5 Å². The van der Waals surface area contributed by atoms with Crippen molar-refractivity contribution in [3.05, 3.63) is 67.2 Å². The molecule has 0 amide bonds. The zero-order valence-corrected chi connectivity index (χ0v) is 12.2. The van der Waals surface area contributed by atoms with E-state index < -0.39 is 33.0 Å². The van der Waals surface area contributed by atoms with E-state index in [1.807, 2.05) is 0 Å². The summed E-state index contributed by atoms with van der Waals surface area (Å²) in [5.41, 5.74) is -2.55. The average molecular weight is 363 g/mol. The van der Waals surface area contributed by atoms with Crippen LogP contribution in [0.25, 0.3) is 0 Å². The van der Waals surface area contributed by atoms with Gasteiger partial charge in [-0.3, -0.25) is 20.2 Å². The van der Waals surface area contributed by atoms with Crippen molar-refractivity contribution in [1.29, 1.82) is 0 Å². The molecule has 0 heterocycles. The minimum Gasteiger partial charge on any atom is -0.456 e. The number of hydrogen-bond acceptors (Lipinski definition) is 5. The Bertz CT molecular complexity index is 826. The molecule has 0 aliphatic rings. The van der Waals surface area contributed by atoms with Crippen molar-refractivity contribution < 1.29 is 27.8 Å². The molecule has 126 valence electrons. The van der Waals surface area contributed by atoms with Crippen LogP contribution in [0.2, 0.25) is 5.02 Å². The van der Waals surface area contributed by atoms with E-state index in [1.54, 1.807) is 0 Å². The standard InChI is InChI=1S/C13H6ClF3N2O5/c14-9-5-7(13(15,16)17)1-4-12(9)24-8-2-3-10(18(20)21)11(6-8)19(22)23/h1-6H. The molecule has 0 aromatic heterocycles. The summed E-state index contributed by atoms with van der Waals surface area (Å²) in [5, 5.41) is 21.2. The number of rotatable bonds is 4. The van der Waals surface area contributed by atoms with E-state index in [4.69, 9.17) is 16.3 Å². The van der Waals surface area contributed by atoms with Crippen LogP contribution in [0.5, 0.6) is 11.5 Å². The molecule has 0 N–H and O–H groups in total. The molecular formula is C13H6ClF3N2O5. The van der Waals surface area contributed by atoms with E-state index in [0.717, 1.165) is 30.3 Å². The van der Waals surface area contributed by atoms with E-state index in [9.17, 15) is 33.4 Å². The second-order valence-electron chi connectivity index (χ2n) is 4.41. The van der Waals surface area contributed by atoms with E-state index in [1.165, 1.54) is 0 Å². The number of halogens is 4. The molecule has 0 saturated carbocycles. The molecule has 0 spiro atoms. The molecule has 0 radical (unpaired) electrons. The predicted molar refractivity (Wildman–Crippen MR) is 76.3 cm³/mol. The van der Waals surface area contributed by atoms with Crippen LogP contribution < -0.4 is 4.74 Å². The van der Waals surface area contributed by atoms with Gasteiger partial charge in [-0.15, -0.1) is 0 Å². The molecule has 2 aromatic carbocycles. The third kappa shape index (κ3) is 3.71. The minimum atomic E-state index is -4.59. The Morgan fingerprint density at radius 2 is 1.58 bits per heavy atom. The lowest BCUT2D eigenvalue weighted by molar-refractivity contribution is -0.422. The third-order valence-electron chi connectivity index (χ3n) is 2.83. The van der Waals surface area contributed by atoms with Gasteiger partial charge in [0.25, 0.3) is 0 Å². The molecule has 0 fully saturated rings. The molecule has 2 rings (SSSR count). The Labute approximate surface area is 136 Å². The molecule has 0 aliphatic carbocycles. The topological polar surface area (TPSA) is 95.5 Å². The molecule has 0 saturated heterocycles. The van der Waals surface area contributed by atoms with Gasteiger partial charge >= 0.3 is 17.6 Å². The maximum absolute atomic E-state index is 12.6. The van der Waals surface area contributed by atoms with E-state index in [2.05, 4.69) is 0 Å². The highest BCUT2D eigenvalue weighted by Gasteiger charge is 2.31. The first-order valence-corrected chi connectivity index (χ1v) is 6.45. The fraction of sp³-hybridized carbons (Fsp3) is 0.0769. The predicted octanol–water partition coefficient (Wildman–Crippen LogP) is 4.97. The van der Waals surface area contributed by atoms with Gasteiger partial charge in [0, 0.05) is 6.07 Å². The van der Waals surface area contributed by atoms with Gasteiger partial charge in [0.15, 0.2) is 0 Å². The molecule has 0 unspecified atom stereocenters. The summed E-state index contributed by atoms with van der Waals surface area (Å²) in [5.74, 6) is -0.373. The summed E-state index contributed by atoms with van der Waals surface area (Å²) < 4.78 is 42.8. The highest BCUT2D eigenvalue weighted by Crippen LogP contribution is 2.38. The van der Waals surface area contributed by atoms with Gasteiger partial charge in [-0.25, -0.2) is 0 Å². The lowest BCUT2D eigenvalue weighted by atomic mass is 10.2. The molecule has 0 bridgehead atoms. The maximum atomic E-state index is 12.6. The van der Waals surface area contributed by atoms with Crippen molar-refractivity contribution in [2.75, 3.05) is 0 Å². The van der Waals surface area contributed by atoms with Gasteiger partial charge in [-0.1, -0.05) is 11.6 Å². The maximum Gasteiger partial charge on any atom is 0.416 e. The van der Waals surface area contributed by atoms with E-state index in [0.29, 0.717) is 6.07 Å². The van der Waals surface area contributed by atoms with Crippen LogP contribution in [-0.4, -0.2) is 9.85 Å². The first-order valence-electron chi connectivity index (χ1n) is 6.07. The van der Waals surface area contributed by atoms with Crippen molar-refractivity contribution in [1.82, 2.24) is 0 Å². The number of alkyl halides is 3. The largest absolute Gasteiger partial charge is 0.456 e. The lowest BCUT2D eigenvalue weighted by Gasteiger charge is -2.11. The summed E-state index contributed by atoms with van der Waals surface area (Å²) in [6.45, 7) is 0. The first kappa shape index (κ1) is 17.5. The van der Waals surface area contributed by atoms with Crippen LogP contribution >= 0.6 is 11.6 Å². The Balaban J connectivity index is 2.37. The van der Waals surface area contributed by atoms with Crippen LogP contribution in [0.4, 0.5) is 24.5 Å². The fourth-order valence-electron chi connectivity index (χ4n) is 1.75. The van der Waals surface area contributed by atoms with Crippen LogP contribution in [0.1, 0.15) is 5.56 Å². The van der Waals surface area contributed by atoms with E-state index in [-0.39, 0.29) is 16.5 Å². The molecule has 0 aliphatic heterocycles. The number of hydrogen-bond donors (Lipinski definition) is 0. The Morgan fingerprint density at radius 1 is 0.958 bits per heavy atom. The van der Waals surface area contributed by atoms with Gasteiger partial charge in [0.1, 0.15) is 11.5 Å². The van der Waals surface area contributed by atoms with Crippen molar-refractivity contribution in [2.45, 2.75) is 6.18 Å². The number of nitro benzene ring substituents is 2.